The summed E-state index contributed by atoms with van der Waals surface area (Å²) in [6, 6.07) is 16.2. The van der Waals surface area contributed by atoms with Gasteiger partial charge in [0.2, 0.25) is 5.91 Å². The second kappa shape index (κ2) is 11.0. The molecule has 1 heterocycles. The summed E-state index contributed by atoms with van der Waals surface area (Å²) >= 11 is 0. The molecule has 0 aliphatic carbocycles. The average Bonchev–Trinajstić information content (AvgIpc) is 3.11. The molecular formula is C27H34N4O3. The Morgan fingerprint density at radius 2 is 1.71 bits per heavy atom. The number of aromatic nitrogens is 2. The summed E-state index contributed by atoms with van der Waals surface area (Å²) < 4.78 is 7.34. The number of nitrogens with one attached hydrogen (secondary N) is 1. The molecular weight excluding hydrogens is 428 g/mol. The Labute approximate surface area is 201 Å². The third-order valence-electron chi connectivity index (χ3n) is 5.86. The normalized spacial score (nSPS) is 11.9. The van der Waals surface area contributed by atoms with Gasteiger partial charge in [0, 0.05) is 30.4 Å². The minimum absolute atomic E-state index is 0.0733. The van der Waals surface area contributed by atoms with Crippen molar-refractivity contribution in [2.75, 3.05) is 13.7 Å². The summed E-state index contributed by atoms with van der Waals surface area (Å²) in [7, 11) is 1.76. The Bertz CT molecular complexity index is 1120. The molecule has 0 unspecified atom stereocenters. The maximum absolute atomic E-state index is 13.4. The molecule has 2 amide bonds. The van der Waals surface area contributed by atoms with Gasteiger partial charge in [-0.05, 0) is 63.1 Å². The fourth-order valence-corrected chi connectivity index (χ4v) is 3.88. The van der Waals surface area contributed by atoms with Crippen LogP contribution in [-0.2, 0) is 11.3 Å². The molecule has 0 aliphatic rings. The number of ether oxygens (including phenoxy) is 1. The minimum Gasteiger partial charge on any atom is -0.494 e. The van der Waals surface area contributed by atoms with Crippen LogP contribution in [0.15, 0.2) is 54.6 Å². The van der Waals surface area contributed by atoms with Crippen LogP contribution >= 0.6 is 0 Å². The number of likely N-dealkylation sites (N-methyl/N-ethyl adjacent to an activating group) is 1. The minimum atomic E-state index is -0.645. The zero-order chi connectivity index (χ0) is 24.8. The largest absolute Gasteiger partial charge is 0.494 e. The summed E-state index contributed by atoms with van der Waals surface area (Å²) in [5, 5.41) is 7.60. The van der Waals surface area contributed by atoms with Gasteiger partial charge in [-0.1, -0.05) is 32.0 Å². The van der Waals surface area contributed by atoms with Crippen LogP contribution in [0.1, 0.15) is 48.1 Å². The summed E-state index contributed by atoms with van der Waals surface area (Å²) in [6.45, 7) is 10.7. The molecule has 0 bridgehead atoms. The van der Waals surface area contributed by atoms with E-state index in [1.54, 1.807) is 36.2 Å². The van der Waals surface area contributed by atoms with Gasteiger partial charge in [-0.25, -0.2) is 4.68 Å². The van der Waals surface area contributed by atoms with Crippen molar-refractivity contribution in [2.45, 2.75) is 47.2 Å². The average molecular weight is 463 g/mol. The molecule has 0 radical (unpaired) electrons. The van der Waals surface area contributed by atoms with E-state index < -0.39 is 6.04 Å². The highest BCUT2D eigenvalue weighted by Crippen LogP contribution is 2.20. The van der Waals surface area contributed by atoms with Crippen molar-refractivity contribution < 1.29 is 14.3 Å². The summed E-state index contributed by atoms with van der Waals surface area (Å²) in [5.74, 6) is 0.209. The van der Waals surface area contributed by atoms with Crippen LogP contribution in [0.2, 0.25) is 0 Å². The van der Waals surface area contributed by atoms with Crippen LogP contribution in [-0.4, -0.2) is 46.2 Å². The topological polar surface area (TPSA) is 76.5 Å². The first-order valence-electron chi connectivity index (χ1n) is 11.6. The van der Waals surface area contributed by atoms with E-state index in [0.717, 1.165) is 22.6 Å². The van der Waals surface area contributed by atoms with Crippen molar-refractivity contribution >= 4 is 11.8 Å². The number of amides is 2. The maximum Gasteiger partial charge on any atom is 0.251 e. The van der Waals surface area contributed by atoms with E-state index in [1.807, 2.05) is 69.6 Å². The summed E-state index contributed by atoms with van der Waals surface area (Å²) in [4.78, 5) is 27.9. The molecule has 1 atom stereocenters. The quantitative estimate of drug-likeness (QED) is 0.514. The van der Waals surface area contributed by atoms with Gasteiger partial charge in [-0.2, -0.15) is 5.10 Å². The van der Waals surface area contributed by atoms with E-state index in [2.05, 4.69) is 10.4 Å². The first kappa shape index (κ1) is 25.0. The summed E-state index contributed by atoms with van der Waals surface area (Å²) in [6.07, 6.45) is 0. The number of hydrogen-bond acceptors (Lipinski definition) is 4. The molecule has 2 aromatic carbocycles. The second-order valence-corrected chi connectivity index (χ2v) is 8.74. The SMILES string of the molecule is CCOc1ccc(C(=O)N[C@H](C(=O)N(C)Cc2c(C)nn(-c3ccccc3)c2C)C(C)C)cc1. The molecule has 1 aromatic heterocycles. The Morgan fingerprint density at radius 1 is 1.06 bits per heavy atom. The molecule has 7 nitrogen and oxygen atoms in total. The smallest absolute Gasteiger partial charge is 0.251 e. The zero-order valence-electron chi connectivity index (χ0n) is 20.8. The number of benzene rings is 2. The number of carbonyl (C=O) groups excluding carboxylic acids is 2. The van der Waals surface area contributed by atoms with Gasteiger partial charge in [-0.3, -0.25) is 9.59 Å². The van der Waals surface area contributed by atoms with Crippen LogP contribution in [0.4, 0.5) is 0 Å². The van der Waals surface area contributed by atoms with Gasteiger partial charge >= 0.3 is 0 Å². The van der Waals surface area contributed by atoms with E-state index in [4.69, 9.17) is 4.74 Å². The van der Waals surface area contributed by atoms with Crippen molar-refractivity contribution in [3.05, 3.63) is 77.1 Å². The number of aryl methyl sites for hydroxylation is 1. The predicted octanol–water partition coefficient (Wildman–Crippen LogP) is 4.30. The lowest BCUT2D eigenvalue weighted by atomic mass is 10.0. The fourth-order valence-electron chi connectivity index (χ4n) is 3.88. The number of nitrogens with zero attached hydrogens (tertiary/aromatic N) is 3. The molecule has 34 heavy (non-hydrogen) atoms. The monoisotopic (exact) mass is 462 g/mol. The lowest BCUT2D eigenvalue weighted by molar-refractivity contribution is -0.133. The van der Waals surface area contributed by atoms with E-state index in [9.17, 15) is 9.59 Å². The van der Waals surface area contributed by atoms with Gasteiger partial charge in [0.1, 0.15) is 11.8 Å². The van der Waals surface area contributed by atoms with Gasteiger partial charge in [0.15, 0.2) is 0 Å². The Balaban J connectivity index is 1.73. The highest BCUT2D eigenvalue weighted by Gasteiger charge is 2.28. The second-order valence-electron chi connectivity index (χ2n) is 8.74. The van der Waals surface area contributed by atoms with Crippen molar-refractivity contribution in [1.29, 1.82) is 0 Å². The van der Waals surface area contributed by atoms with Crippen LogP contribution in [0.25, 0.3) is 5.69 Å². The standard InChI is InChI=1S/C27H34N4O3/c1-7-34-23-15-13-21(14-16-23)26(32)28-25(18(2)3)27(33)30(6)17-24-19(4)29-31(20(24)5)22-11-9-8-10-12-22/h8-16,18,25H,7,17H2,1-6H3,(H,28,32)/t25-/m0/s1. The molecule has 0 aliphatic heterocycles. The van der Waals surface area contributed by atoms with Crippen LogP contribution in [0, 0.1) is 19.8 Å². The maximum atomic E-state index is 13.4. The molecule has 3 rings (SSSR count). The van der Waals surface area contributed by atoms with E-state index in [1.165, 1.54) is 0 Å². The molecule has 1 N–H and O–H groups in total. The molecule has 0 saturated carbocycles. The molecule has 0 fully saturated rings. The lowest BCUT2D eigenvalue weighted by Crippen LogP contribution is -2.50. The van der Waals surface area contributed by atoms with Crippen LogP contribution < -0.4 is 10.1 Å². The molecule has 7 heteroatoms. The molecule has 3 aromatic rings. The lowest BCUT2D eigenvalue weighted by Gasteiger charge is -2.27. The van der Waals surface area contributed by atoms with Gasteiger partial charge in [0.05, 0.1) is 18.0 Å². The van der Waals surface area contributed by atoms with E-state index >= 15 is 0 Å². The van der Waals surface area contributed by atoms with Crippen molar-refractivity contribution in [3.8, 4) is 11.4 Å². The van der Waals surface area contributed by atoms with Crippen LogP contribution in [0.5, 0.6) is 5.75 Å². The molecule has 0 saturated heterocycles. The highest BCUT2D eigenvalue weighted by molar-refractivity contribution is 5.97. The van der Waals surface area contributed by atoms with E-state index in [0.29, 0.717) is 24.5 Å². The third kappa shape index (κ3) is 5.65. The van der Waals surface area contributed by atoms with Crippen molar-refractivity contribution in [3.63, 3.8) is 0 Å². The first-order chi connectivity index (χ1) is 16.2. The van der Waals surface area contributed by atoms with Crippen LogP contribution in [0.3, 0.4) is 0 Å². The number of hydrogen-bond donors (Lipinski definition) is 1. The predicted molar refractivity (Wildman–Crippen MR) is 133 cm³/mol. The summed E-state index contributed by atoms with van der Waals surface area (Å²) in [5.41, 5.74) is 4.33. The number of rotatable bonds is 9. The van der Waals surface area contributed by atoms with Gasteiger partial charge in [0.25, 0.3) is 5.91 Å². The fraction of sp³-hybridized carbons (Fsp3) is 0.370. The first-order valence-corrected chi connectivity index (χ1v) is 11.6. The number of para-hydroxylation sites is 1. The Hall–Kier alpha value is -3.61. The Kier molecular flexibility index (Phi) is 8.10. The highest BCUT2D eigenvalue weighted by atomic mass is 16.5. The van der Waals surface area contributed by atoms with Crippen molar-refractivity contribution in [1.82, 2.24) is 20.0 Å². The van der Waals surface area contributed by atoms with Crippen molar-refractivity contribution in [2.24, 2.45) is 5.92 Å². The van der Waals surface area contributed by atoms with Gasteiger partial charge < -0.3 is 15.0 Å². The van der Waals surface area contributed by atoms with Gasteiger partial charge in [-0.15, -0.1) is 0 Å². The Morgan fingerprint density at radius 3 is 2.29 bits per heavy atom. The zero-order valence-corrected chi connectivity index (χ0v) is 20.8. The number of carbonyl (C=O) groups is 2. The third-order valence-corrected chi connectivity index (χ3v) is 5.86. The van der Waals surface area contributed by atoms with E-state index in [-0.39, 0.29) is 17.7 Å². The molecule has 180 valence electrons. The molecule has 0 spiro atoms.